The first-order chi connectivity index (χ1) is 6.59. The van der Waals surface area contributed by atoms with Gasteiger partial charge in [0.15, 0.2) is 0 Å². The number of halogens is 2. The Kier molecular flexibility index (Phi) is 2.09. The van der Waals surface area contributed by atoms with Gasteiger partial charge in [0.05, 0.1) is 6.54 Å². The van der Waals surface area contributed by atoms with Crippen molar-refractivity contribution in [2.75, 3.05) is 5.73 Å². The predicted molar refractivity (Wildman–Crippen MR) is 44.5 cm³/mol. The van der Waals surface area contributed by atoms with E-state index in [4.69, 9.17) is 5.73 Å². The summed E-state index contributed by atoms with van der Waals surface area (Å²) in [5.41, 5.74) is 5.39. The minimum absolute atomic E-state index is 0.0420. The van der Waals surface area contributed by atoms with Crippen LogP contribution in [-0.4, -0.2) is 26.1 Å². The monoisotopic (exact) mass is 203 g/mol. The van der Waals surface area contributed by atoms with Crippen LogP contribution < -0.4 is 5.73 Å². The van der Waals surface area contributed by atoms with E-state index in [0.29, 0.717) is 12.8 Å². The molecule has 0 saturated heterocycles. The van der Waals surface area contributed by atoms with Crippen molar-refractivity contribution in [2.45, 2.75) is 31.7 Å². The van der Waals surface area contributed by atoms with Gasteiger partial charge in [-0.15, -0.1) is 0 Å². The standard InChI is InChI=1S/C7H11F2N5/c8-7(9)3-1-2-5(7)4-14-6(10)11-12-13-14/h5H,1-4H2,(H2,10,11,13). The van der Waals surface area contributed by atoms with Crippen LogP contribution in [0.3, 0.4) is 0 Å². The molecule has 1 aromatic rings. The second kappa shape index (κ2) is 3.14. The zero-order valence-corrected chi connectivity index (χ0v) is 7.53. The van der Waals surface area contributed by atoms with E-state index in [9.17, 15) is 8.78 Å². The molecule has 1 unspecified atom stereocenters. The van der Waals surface area contributed by atoms with Gasteiger partial charge in [-0.3, -0.25) is 0 Å². The van der Waals surface area contributed by atoms with Crippen LogP contribution in [0.4, 0.5) is 14.7 Å². The van der Waals surface area contributed by atoms with Crippen molar-refractivity contribution >= 4 is 5.95 Å². The molecule has 14 heavy (non-hydrogen) atoms. The minimum Gasteiger partial charge on any atom is -0.367 e. The maximum Gasteiger partial charge on any atom is 0.252 e. The van der Waals surface area contributed by atoms with Gasteiger partial charge in [-0.2, -0.15) is 0 Å². The van der Waals surface area contributed by atoms with Crippen molar-refractivity contribution in [2.24, 2.45) is 5.92 Å². The van der Waals surface area contributed by atoms with Crippen molar-refractivity contribution in [3.8, 4) is 0 Å². The number of nitrogens with zero attached hydrogens (tertiary/aromatic N) is 4. The SMILES string of the molecule is Nc1nnnn1CC1CCCC1(F)F. The lowest BCUT2D eigenvalue weighted by Gasteiger charge is -2.18. The third-order valence-corrected chi connectivity index (χ3v) is 2.61. The van der Waals surface area contributed by atoms with Crippen molar-refractivity contribution < 1.29 is 8.78 Å². The molecule has 2 N–H and O–H groups in total. The summed E-state index contributed by atoms with van der Waals surface area (Å²) in [7, 11) is 0. The minimum atomic E-state index is -2.60. The second-order valence-electron chi connectivity index (χ2n) is 3.57. The lowest BCUT2D eigenvalue weighted by atomic mass is 10.1. The Bertz CT molecular complexity index is 324. The Balaban J connectivity index is 2.08. The van der Waals surface area contributed by atoms with E-state index in [-0.39, 0.29) is 18.9 Å². The molecule has 0 aromatic carbocycles. The molecule has 1 saturated carbocycles. The molecule has 1 heterocycles. The van der Waals surface area contributed by atoms with Crippen molar-refractivity contribution in [3.05, 3.63) is 0 Å². The van der Waals surface area contributed by atoms with E-state index in [2.05, 4.69) is 15.5 Å². The summed E-state index contributed by atoms with van der Waals surface area (Å²) in [6, 6.07) is 0. The summed E-state index contributed by atoms with van der Waals surface area (Å²) in [6.07, 6.45) is 1.02. The molecule has 1 aromatic heterocycles. The van der Waals surface area contributed by atoms with Crippen LogP contribution in [0.15, 0.2) is 0 Å². The van der Waals surface area contributed by atoms with Gasteiger partial charge in [0, 0.05) is 12.3 Å². The van der Waals surface area contributed by atoms with Crippen molar-refractivity contribution in [1.29, 1.82) is 0 Å². The molecule has 5 nitrogen and oxygen atoms in total. The van der Waals surface area contributed by atoms with Gasteiger partial charge in [-0.25, -0.2) is 13.5 Å². The van der Waals surface area contributed by atoms with Gasteiger partial charge in [0.1, 0.15) is 0 Å². The smallest absolute Gasteiger partial charge is 0.252 e. The molecular formula is C7H11F2N5. The van der Waals surface area contributed by atoms with Crippen molar-refractivity contribution in [3.63, 3.8) is 0 Å². The number of hydrogen-bond donors (Lipinski definition) is 1. The van der Waals surface area contributed by atoms with Crippen LogP contribution in [0.25, 0.3) is 0 Å². The molecule has 1 fully saturated rings. The molecule has 1 atom stereocenters. The van der Waals surface area contributed by atoms with E-state index in [1.807, 2.05) is 0 Å². The first-order valence-corrected chi connectivity index (χ1v) is 4.49. The normalized spacial score (nSPS) is 25.4. The molecule has 0 radical (unpaired) electrons. The summed E-state index contributed by atoms with van der Waals surface area (Å²) in [5, 5.41) is 10.3. The van der Waals surface area contributed by atoms with Crippen LogP contribution in [0.2, 0.25) is 0 Å². The number of rotatable bonds is 2. The molecule has 0 bridgehead atoms. The quantitative estimate of drug-likeness (QED) is 0.767. The Hall–Kier alpha value is -1.27. The number of nitrogen functional groups attached to an aromatic ring is 1. The van der Waals surface area contributed by atoms with E-state index in [1.165, 1.54) is 4.68 Å². The summed E-state index contributed by atoms with van der Waals surface area (Å²) < 4.78 is 27.6. The third-order valence-electron chi connectivity index (χ3n) is 2.61. The Morgan fingerprint density at radius 1 is 1.57 bits per heavy atom. The molecule has 1 aliphatic carbocycles. The molecule has 2 rings (SSSR count). The second-order valence-corrected chi connectivity index (χ2v) is 3.57. The Labute approximate surface area is 79.3 Å². The summed E-state index contributed by atoms with van der Waals surface area (Å²) in [6.45, 7) is 0.103. The maximum atomic E-state index is 13.2. The van der Waals surface area contributed by atoms with Crippen LogP contribution in [0.5, 0.6) is 0 Å². The van der Waals surface area contributed by atoms with Gasteiger partial charge in [0.25, 0.3) is 5.92 Å². The van der Waals surface area contributed by atoms with Crippen LogP contribution in [0.1, 0.15) is 19.3 Å². The highest BCUT2D eigenvalue weighted by Crippen LogP contribution is 2.41. The van der Waals surface area contributed by atoms with Gasteiger partial charge in [0.2, 0.25) is 5.95 Å². The fourth-order valence-corrected chi connectivity index (χ4v) is 1.77. The van der Waals surface area contributed by atoms with Crippen LogP contribution in [-0.2, 0) is 6.54 Å². The van der Waals surface area contributed by atoms with E-state index in [0.717, 1.165) is 0 Å². The number of anilines is 1. The van der Waals surface area contributed by atoms with Crippen molar-refractivity contribution in [1.82, 2.24) is 20.2 Å². The lowest BCUT2D eigenvalue weighted by Crippen LogP contribution is -2.27. The fraction of sp³-hybridized carbons (Fsp3) is 0.857. The maximum absolute atomic E-state index is 13.2. The summed E-state index contributed by atoms with van der Waals surface area (Å²) in [4.78, 5) is 0. The van der Waals surface area contributed by atoms with Gasteiger partial charge in [-0.05, 0) is 23.3 Å². The predicted octanol–water partition coefficient (Wildman–Crippen LogP) is 0.691. The zero-order valence-electron chi connectivity index (χ0n) is 7.53. The molecule has 0 spiro atoms. The molecule has 0 aliphatic heterocycles. The molecule has 1 aliphatic rings. The number of aromatic nitrogens is 4. The zero-order chi connectivity index (χ0) is 10.2. The number of tetrazole rings is 1. The number of alkyl halides is 2. The number of nitrogens with two attached hydrogens (primary N) is 1. The first kappa shape index (κ1) is 9.29. The average molecular weight is 203 g/mol. The molecule has 78 valence electrons. The van der Waals surface area contributed by atoms with E-state index in [1.54, 1.807) is 0 Å². The highest BCUT2D eigenvalue weighted by Gasteiger charge is 2.44. The summed E-state index contributed by atoms with van der Waals surface area (Å²) in [5.74, 6) is -3.20. The van der Waals surface area contributed by atoms with E-state index < -0.39 is 11.8 Å². The topological polar surface area (TPSA) is 69.6 Å². The highest BCUT2D eigenvalue weighted by molar-refractivity contribution is 5.10. The summed E-state index contributed by atoms with van der Waals surface area (Å²) >= 11 is 0. The Morgan fingerprint density at radius 3 is 2.86 bits per heavy atom. The van der Waals surface area contributed by atoms with Crippen LogP contribution >= 0.6 is 0 Å². The Morgan fingerprint density at radius 2 is 2.36 bits per heavy atom. The lowest BCUT2D eigenvalue weighted by molar-refractivity contribution is -0.0432. The fourth-order valence-electron chi connectivity index (χ4n) is 1.77. The van der Waals surface area contributed by atoms with Gasteiger partial charge < -0.3 is 5.73 Å². The van der Waals surface area contributed by atoms with E-state index >= 15 is 0 Å². The van der Waals surface area contributed by atoms with Gasteiger partial charge in [-0.1, -0.05) is 5.10 Å². The van der Waals surface area contributed by atoms with Gasteiger partial charge >= 0.3 is 0 Å². The molecule has 7 heteroatoms. The number of hydrogen-bond acceptors (Lipinski definition) is 4. The molecular weight excluding hydrogens is 192 g/mol. The van der Waals surface area contributed by atoms with Crippen LogP contribution in [0, 0.1) is 5.92 Å². The molecule has 0 amide bonds. The highest BCUT2D eigenvalue weighted by atomic mass is 19.3. The largest absolute Gasteiger partial charge is 0.367 e. The first-order valence-electron chi connectivity index (χ1n) is 4.49. The third kappa shape index (κ3) is 1.53. The average Bonchev–Trinajstić information content (AvgIpc) is 2.62.